The monoisotopic (exact) mass is 317 g/mol. The molecule has 2 rings (SSSR count). The van der Waals surface area contributed by atoms with Crippen LogP contribution in [0.1, 0.15) is 13.3 Å². The van der Waals surface area contributed by atoms with Crippen molar-refractivity contribution in [3.63, 3.8) is 0 Å². The number of hydrogen-bond donors (Lipinski definition) is 0. The summed E-state index contributed by atoms with van der Waals surface area (Å²) in [5.74, 6) is 0.148. The molecular formula is C12H16BrNO2S. The number of nitrogens with zero attached hydrogens (tertiary/aromatic N) is 1. The highest BCUT2D eigenvalue weighted by Crippen LogP contribution is 2.30. The van der Waals surface area contributed by atoms with E-state index in [1.54, 1.807) is 19.1 Å². The fourth-order valence-electron chi connectivity index (χ4n) is 2.07. The zero-order chi connectivity index (χ0) is 12.5. The SMILES string of the molecule is CCS(=O)(=O)c1ccccc1N1CCC(Br)C1. The third kappa shape index (κ3) is 2.65. The molecule has 0 saturated carbocycles. The molecule has 1 fully saturated rings. The van der Waals surface area contributed by atoms with Gasteiger partial charge in [-0.3, -0.25) is 0 Å². The fraction of sp³-hybridized carbons (Fsp3) is 0.500. The summed E-state index contributed by atoms with van der Waals surface area (Å²) in [6.07, 6.45) is 1.06. The van der Waals surface area contributed by atoms with Gasteiger partial charge in [0, 0.05) is 17.9 Å². The maximum absolute atomic E-state index is 12.0. The van der Waals surface area contributed by atoms with Crippen LogP contribution in [0.25, 0.3) is 0 Å². The van der Waals surface area contributed by atoms with Gasteiger partial charge in [-0.05, 0) is 18.6 Å². The highest BCUT2D eigenvalue weighted by Gasteiger charge is 2.25. The van der Waals surface area contributed by atoms with Crippen molar-refractivity contribution < 1.29 is 8.42 Å². The standard InChI is InChI=1S/C12H16BrNO2S/c1-2-17(15,16)12-6-4-3-5-11(12)14-8-7-10(13)9-14/h3-6,10H,2,7-9H2,1H3. The maximum atomic E-state index is 12.0. The summed E-state index contributed by atoms with van der Waals surface area (Å²) < 4.78 is 24.0. The average molecular weight is 318 g/mol. The lowest BCUT2D eigenvalue weighted by atomic mass is 10.3. The molecule has 1 saturated heterocycles. The third-order valence-corrected chi connectivity index (χ3v) is 5.57. The van der Waals surface area contributed by atoms with Gasteiger partial charge in [-0.2, -0.15) is 0 Å². The van der Waals surface area contributed by atoms with E-state index in [1.165, 1.54) is 0 Å². The summed E-state index contributed by atoms with van der Waals surface area (Å²) in [5, 5.41) is 0. The van der Waals surface area contributed by atoms with Gasteiger partial charge in [0.25, 0.3) is 0 Å². The molecule has 3 nitrogen and oxygen atoms in total. The Balaban J connectivity index is 2.41. The lowest BCUT2D eigenvalue weighted by Gasteiger charge is -2.21. The van der Waals surface area contributed by atoms with E-state index in [-0.39, 0.29) is 5.75 Å². The van der Waals surface area contributed by atoms with Gasteiger partial charge >= 0.3 is 0 Å². The molecule has 0 bridgehead atoms. The maximum Gasteiger partial charge on any atom is 0.180 e. The van der Waals surface area contributed by atoms with Crippen molar-refractivity contribution in [3.8, 4) is 0 Å². The predicted octanol–water partition coefficient (Wildman–Crippen LogP) is 2.45. The van der Waals surface area contributed by atoms with Crippen LogP contribution in [-0.2, 0) is 9.84 Å². The van der Waals surface area contributed by atoms with Gasteiger partial charge in [-0.1, -0.05) is 35.0 Å². The summed E-state index contributed by atoms with van der Waals surface area (Å²) in [6, 6.07) is 7.28. The van der Waals surface area contributed by atoms with Gasteiger partial charge in [-0.25, -0.2) is 8.42 Å². The second-order valence-electron chi connectivity index (χ2n) is 4.20. The number of rotatable bonds is 3. The van der Waals surface area contributed by atoms with E-state index >= 15 is 0 Å². The van der Waals surface area contributed by atoms with Gasteiger partial charge < -0.3 is 4.90 Å². The summed E-state index contributed by atoms with van der Waals surface area (Å²) in [5.41, 5.74) is 0.844. The second kappa shape index (κ2) is 4.98. The Kier molecular flexibility index (Phi) is 3.78. The molecule has 0 N–H and O–H groups in total. The van der Waals surface area contributed by atoms with Gasteiger partial charge in [0.2, 0.25) is 0 Å². The number of anilines is 1. The Labute approximate surface area is 111 Å². The molecule has 1 atom stereocenters. The molecule has 0 spiro atoms. The number of benzene rings is 1. The lowest BCUT2D eigenvalue weighted by Crippen LogP contribution is -2.22. The fourth-order valence-corrected chi connectivity index (χ4v) is 3.74. The molecule has 1 aliphatic heterocycles. The average Bonchev–Trinajstić information content (AvgIpc) is 2.76. The first-order valence-corrected chi connectivity index (χ1v) is 8.32. The molecule has 0 radical (unpaired) electrons. The Bertz CT molecular complexity index is 501. The number of alkyl halides is 1. The Hall–Kier alpha value is -0.550. The molecule has 1 aliphatic rings. The quantitative estimate of drug-likeness (QED) is 0.804. The van der Waals surface area contributed by atoms with E-state index in [0.29, 0.717) is 9.72 Å². The van der Waals surface area contributed by atoms with Crippen LogP contribution in [0.4, 0.5) is 5.69 Å². The first-order valence-electron chi connectivity index (χ1n) is 5.75. The third-order valence-electron chi connectivity index (χ3n) is 3.05. The van der Waals surface area contributed by atoms with E-state index in [9.17, 15) is 8.42 Å². The summed E-state index contributed by atoms with van der Waals surface area (Å²) in [4.78, 5) is 3.06. The number of sulfone groups is 1. The molecule has 0 aliphatic carbocycles. The van der Waals surface area contributed by atoms with Crippen LogP contribution < -0.4 is 4.90 Å². The van der Waals surface area contributed by atoms with Crippen molar-refractivity contribution in [3.05, 3.63) is 24.3 Å². The predicted molar refractivity (Wildman–Crippen MR) is 73.7 cm³/mol. The minimum atomic E-state index is -3.14. The summed E-state index contributed by atoms with van der Waals surface area (Å²) >= 11 is 3.58. The normalized spacial score (nSPS) is 20.8. The number of hydrogen-bond acceptors (Lipinski definition) is 3. The van der Waals surface area contributed by atoms with E-state index in [4.69, 9.17) is 0 Å². The van der Waals surface area contributed by atoms with Crippen molar-refractivity contribution in [1.82, 2.24) is 0 Å². The van der Waals surface area contributed by atoms with E-state index in [2.05, 4.69) is 20.8 Å². The Morgan fingerprint density at radius 1 is 1.41 bits per heavy atom. The highest BCUT2D eigenvalue weighted by atomic mass is 79.9. The zero-order valence-electron chi connectivity index (χ0n) is 9.77. The van der Waals surface area contributed by atoms with E-state index in [0.717, 1.165) is 25.2 Å². The molecule has 1 aromatic rings. The topological polar surface area (TPSA) is 37.4 Å². The summed E-state index contributed by atoms with van der Waals surface area (Å²) in [7, 11) is -3.14. The van der Waals surface area contributed by atoms with Gasteiger partial charge in [0.05, 0.1) is 16.3 Å². The first kappa shape index (κ1) is 12.9. The minimum Gasteiger partial charge on any atom is -0.369 e. The molecule has 1 heterocycles. The van der Waals surface area contributed by atoms with Crippen LogP contribution in [0.3, 0.4) is 0 Å². The number of halogens is 1. The largest absolute Gasteiger partial charge is 0.369 e. The Morgan fingerprint density at radius 2 is 2.12 bits per heavy atom. The van der Waals surface area contributed by atoms with Crippen molar-refractivity contribution >= 4 is 31.5 Å². The summed E-state index contributed by atoms with van der Waals surface area (Å²) in [6.45, 7) is 3.46. The zero-order valence-corrected chi connectivity index (χ0v) is 12.2. The van der Waals surface area contributed by atoms with E-state index in [1.807, 2.05) is 12.1 Å². The van der Waals surface area contributed by atoms with Crippen LogP contribution >= 0.6 is 15.9 Å². The van der Waals surface area contributed by atoms with Crippen LogP contribution in [0, 0.1) is 0 Å². The molecule has 0 aromatic heterocycles. The first-order chi connectivity index (χ1) is 8.04. The second-order valence-corrected chi connectivity index (χ2v) is 7.74. The molecule has 1 aromatic carbocycles. The van der Waals surface area contributed by atoms with Gasteiger partial charge in [0.1, 0.15) is 0 Å². The van der Waals surface area contributed by atoms with Crippen molar-refractivity contribution in [2.24, 2.45) is 0 Å². The molecule has 5 heteroatoms. The van der Waals surface area contributed by atoms with Crippen molar-refractivity contribution in [2.75, 3.05) is 23.7 Å². The smallest absolute Gasteiger partial charge is 0.180 e. The van der Waals surface area contributed by atoms with Crippen LogP contribution in [0.2, 0.25) is 0 Å². The lowest BCUT2D eigenvalue weighted by molar-refractivity contribution is 0.597. The highest BCUT2D eigenvalue weighted by molar-refractivity contribution is 9.09. The van der Waals surface area contributed by atoms with Crippen molar-refractivity contribution in [1.29, 1.82) is 0 Å². The van der Waals surface area contributed by atoms with Gasteiger partial charge in [0.15, 0.2) is 9.84 Å². The molecule has 94 valence electrons. The van der Waals surface area contributed by atoms with Crippen molar-refractivity contribution in [2.45, 2.75) is 23.1 Å². The minimum absolute atomic E-state index is 0.148. The molecule has 0 amide bonds. The Morgan fingerprint density at radius 3 is 2.71 bits per heavy atom. The van der Waals surface area contributed by atoms with Crippen LogP contribution in [-0.4, -0.2) is 32.1 Å². The van der Waals surface area contributed by atoms with Crippen LogP contribution in [0.5, 0.6) is 0 Å². The van der Waals surface area contributed by atoms with E-state index < -0.39 is 9.84 Å². The molecule has 17 heavy (non-hydrogen) atoms. The molecular weight excluding hydrogens is 302 g/mol. The molecule has 1 unspecified atom stereocenters. The number of para-hydroxylation sites is 1. The van der Waals surface area contributed by atoms with Crippen LogP contribution in [0.15, 0.2) is 29.2 Å². The van der Waals surface area contributed by atoms with Gasteiger partial charge in [-0.15, -0.1) is 0 Å².